The number of imidazole rings is 1. The number of hydrogen-bond donors (Lipinski definition) is 1. The zero-order valence-electron chi connectivity index (χ0n) is 7.78. The highest BCUT2D eigenvalue weighted by Crippen LogP contribution is 2.15. The zero-order valence-corrected chi connectivity index (χ0v) is 8.54. The molecule has 4 heteroatoms. The molecule has 0 bridgehead atoms. The van der Waals surface area contributed by atoms with Gasteiger partial charge < -0.3 is 5.73 Å². The average molecular weight is 210 g/mol. The molecule has 0 aliphatic carbocycles. The highest BCUT2D eigenvalue weighted by Gasteiger charge is 2.04. The van der Waals surface area contributed by atoms with Crippen molar-refractivity contribution in [2.24, 2.45) is 5.73 Å². The van der Waals surface area contributed by atoms with Crippen LogP contribution in [-0.2, 0) is 6.42 Å². The predicted molar refractivity (Wildman–Crippen MR) is 57.6 cm³/mol. The van der Waals surface area contributed by atoms with Gasteiger partial charge in [-0.25, -0.2) is 4.98 Å². The molecule has 2 aromatic heterocycles. The Kier molecular flexibility index (Phi) is 2.70. The fraction of sp³-hybridized carbons (Fsp3) is 0.300. The highest BCUT2D eigenvalue weighted by molar-refractivity contribution is 6.29. The Morgan fingerprint density at radius 3 is 3.07 bits per heavy atom. The van der Waals surface area contributed by atoms with E-state index in [0.717, 1.165) is 24.2 Å². The SMILES string of the molecule is NCCCc1ncc2cccc(Cl)n12. The van der Waals surface area contributed by atoms with Gasteiger partial charge in [0.2, 0.25) is 0 Å². The van der Waals surface area contributed by atoms with Gasteiger partial charge in [0.1, 0.15) is 11.0 Å². The Labute approximate surface area is 87.5 Å². The van der Waals surface area contributed by atoms with Crippen LogP contribution in [-0.4, -0.2) is 15.9 Å². The first-order chi connectivity index (χ1) is 6.83. The number of hydrogen-bond acceptors (Lipinski definition) is 2. The number of halogens is 1. The van der Waals surface area contributed by atoms with Gasteiger partial charge in [0, 0.05) is 6.42 Å². The molecule has 0 saturated heterocycles. The van der Waals surface area contributed by atoms with Gasteiger partial charge in [0.05, 0.1) is 11.7 Å². The maximum absolute atomic E-state index is 6.07. The summed E-state index contributed by atoms with van der Waals surface area (Å²) in [5.74, 6) is 0.982. The molecular formula is C10H12ClN3. The van der Waals surface area contributed by atoms with E-state index in [1.54, 1.807) is 0 Å². The monoisotopic (exact) mass is 209 g/mol. The van der Waals surface area contributed by atoms with E-state index in [-0.39, 0.29) is 0 Å². The summed E-state index contributed by atoms with van der Waals surface area (Å²) in [5.41, 5.74) is 6.49. The normalized spacial score (nSPS) is 11.0. The van der Waals surface area contributed by atoms with Crippen molar-refractivity contribution < 1.29 is 0 Å². The maximum atomic E-state index is 6.07. The van der Waals surface area contributed by atoms with Crippen molar-refractivity contribution in [1.82, 2.24) is 9.38 Å². The molecule has 2 rings (SSSR count). The van der Waals surface area contributed by atoms with E-state index in [4.69, 9.17) is 17.3 Å². The molecule has 2 N–H and O–H groups in total. The summed E-state index contributed by atoms with van der Waals surface area (Å²) in [7, 11) is 0. The van der Waals surface area contributed by atoms with Crippen molar-refractivity contribution in [1.29, 1.82) is 0 Å². The summed E-state index contributed by atoms with van der Waals surface area (Å²) < 4.78 is 1.96. The Morgan fingerprint density at radius 1 is 1.43 bits per heavy atom. The van der Waals surface area contributed by atoms with Crippen LogP contribution in [0.25, 0.3) is 5.52 Å². The van der Waals surface area contributed by atoms with Crippen LogP contribution in [0.1, 0.15) is 12.2 Å². The first-order valence-corrected chi connectivity index (χ1v) is 5.01. The van der Waals surface area contributed by atoms with Gasteiger partial charge in [-0.3, -0.25) is 4.40 Å². The van der Waals surface area contributed by atoms with Crippen LogP contribution in [0.2, 0.25) is 5.15 Å². The van der Waals surface area contributed by atoms with Crippen molar-refractivity contribution in [3.05, 3.63) is 35.4 Å². The number of nitrogens with two attached hydrogens (primary N) is 1. The molecule has 14 heavy (non-hydrogen) atoms. The third kappa shape index (κ3) is 1.61. The zero-order chi connectivity index (χ0) is 9.97. The van der Waals surface area contributed by atoms with Crippen molar-refractivity contribution in [2.45, 2.75) is 12.8 Å². The van der Waals surface area contributed by atoms with Crippen LogP contribution in [0.15, 0.2) is 24.4 Å². The van der Waals surface area contributed by atoms with E-state index >= 15 is 0 Å². The molecule has 0 unspecified atom stereocenters. The minimum absolute atomic E-state index is 0.680. The minimum atomic E-state index is 0.680. The lowest BCUT2D eigenvalue weighted by Crippen LogP contribution is -2.03. The molecule has 74 valence electrons. The second-order valence-corrected chi connectivity index (χ2v) is 3.56. The van der Waals surface area contributed by atoms with Crippen molar-refractivity contribution >= 4 is 17.1 Å². The number of rotatable bonds is 3. The molecule has 0 aromatic carbocycles. The largest absolute Gasteiger partial charge is 0.330 e. The molecule has 0 atom stereocenters. The topological polar surface area (TPSA) is 43.3 Å². The summed E-state index contributed by atoms with van der Waals surface area (Å²) >= 11 is 6.07. The number of aryl methyl sites for hydroxylation is 1. The fourth-order valence-electron chi connectivity index (χ4n) is 1.51. The first kappa shape index (κ1) is 9.49. The molecule has 0 amide bonds. The van der Waals surface area contributed by atoms with Gasteiger partial charge in [-0.05, 0) is 25.1 Å². The second kappa shape index (κ2) is 3.98. The minimum Gasteiger partial charge on any atom is -0.330 e. The molecule has 2 heterocycles. The molecule has 0 spiro atoms. The number of pyridine rings is 1. The van der Waals surface area contributed by atoms with E-state index < -0.39 is 0 Å². The van der Waals surface area contributed by atoms with Gasteiger partial charge in [-0.15, -0.1) is 0 Å². The van der Waals surface area contributed by atoms with Gasteiger partial charge >= 0.3 is 0 Å². The predicted octanol–water partition coefficient (Wildman–Crippen LogP) is 1.88. The van der Waals surface area contributed by atoms with Crippen LogP contribution in [0, 0.1) is 0 Å². The van der Waals surface area contributed by atoms with Crippen LogP contribution in [0.5, 0.6) is 0 Å². The van der Waals surface area contributed by atoms with Crippen LogP contribution in [0.4, 0.5) is 0 Å². The van der Waals surface area contributed by atoms with Crippen LogP contribution >= 0.6 is 11.6 Å². The smallest absolute Gasteiger partial charge is 0.114 e. The molecule has 0 saturated carbocycles. The molecular weight excluding hydrogens is 198 g/mol. The van der Waals surface area contributed by atoms with Crippen molar-refractivity contribution in [3.63, 3.8) is 0 Å². The number of nitrogens with zero attached hydrogens (tertiary/aromatic N) is 2. The molecule has 2 aromatic rings. The van der Waals surface area contributed by atoms with Gasteiger partial charge in [-0.1, -0.05) is 17.7 Å². The van der Waals surface area contributed by atoms with Crippen LogP contribution in [0.3, 0.4) is 0 Å². The summed E-state index contributed by atoms with van der Waals surface area (Å²) in [6.07, 6.45) is 3.64. The quantitative estimate of drug-likeness (QED) is 0.785. The van der Waals surface area contributed by atoms with E-state index in [0.29, 0.717) is 11.7 Å². The Morgan fingerprint density at radius 2 is 2.29 bits per heavy atom. The molecule has 0 fully saturated rings. The molecule has 3 nitrogen and oxygen atoms in total. The van der Waals surface area contributed by atoms with Crippen molar-refractivity contribution in [2.75, 3.05) is 6.54 Å². The first-order valence-electron chi connectivity index (χ1n) is 4.64. The lowest BCUT2D eigenvalue weighted by atomic mass is 10.3. The van der Waals surface area contributed by atoms with Crippen LogP contribution < -0.4 is 5.73 Å². The lowest BCUT2D eigenvalue weighted by molar-refractivity contribution is 0.778. The summed E-state index contributed by atoms with van der Waals surface area (Å²) in [5, 5.41) is 0.701. The van der Waals surface area contributed by atoms with E-state index in [9.17, 15) is 0 Å². The third-order valence-corrected chi connectivity index (χ3v) is 2.48. The fourth-order valence-corrected chi connectivity index (χ4v) is 1.77. The molecule has 0 aliphatic heterocycles. The van der Waals surface area contributed by atoms with E-state index in [1.165, 1.54) is 0 Å². The lowest BCUT2D eigenvalue weighted by Gasteiger charge is -2.02. The van der Waals surface area contributed by atoms with Gasteiger partial charge in [0.15, 0.2) is 0 Å². The third-order valence-electron chi connectivity index (χ3n) is 2.18. The van der Waals surface area contributed by atoms with E-state index in [1.807, 2.05) is 28.8 Å². The van der Waals surface area contributed by atoms with E-state index in [2.05, 4.69) is 4.98 Å². The Balaban J connectivity index is 2.45. The van der Waals surface area contributed by atoms with Gasteiger partial charge in [-0.2, -0.15) is 0 Å². The second-order valence-electron chi connectivity index (χ2n) is 3.18. The Hall–Kier alpha value is -1.06. The summed E-state index contributed by atoms with van der Waals surface area (Å²) in [4.78, 5) is 4.32. The molecule has 0 aliphatic rings. The van der Waals surface area contributed by atoms with Crippen molar-refractivity contribution in [3.8, 4) is 0 Å². The Bertz CT molecular complexity index is 436. The highest BCUT2D eigenvalue weighted by atomic mass is 35.5. The average Bonchev–Trinajstić information content (AvgIpc) is 2.59. The number of aromatic nitrogens is 2. The summed E-state index contributed by atoms with van der Waals surface area (Å²) in [6, 6.07) is 5.78. The standard InChI is InChI=1S/C10H12ClN3/c11-9-4-1-3-8-7-13-10(14(8)9)5-2-6-12/h1,3-4,7H,2,5-6,12H2. The molecule has 0 radical (unpaired) electrons. The summed E-state index contributed by atoms with van der Waals surface area (Å²) in [6.45, 7) is 0.680. The van der Waals surface area contributed by atoms with Gasteiger partial charge in [0.25, 0.3) is 0 Å². The maximum Gasteiger partial charge on any atom is 0.114 e. The number of fused-ring (bicyclic) bond motifs is 1.